The van der Waals surface area contributed by atoms with Gasteiger partial charge >= 0.3 is 0 Å². The second-order valence-electron chi connectivity index (χ2n) is 7.89. The minimum atomic E-state index is -0.0965. The lowest BCUT2D eigenvalue weighted by molar-refractivity contribution is -0.145. The van der Waals surface area contributed by atoms with Gasteiger partial charge in [-0.15, -0.1) is 0 Å². The van der Waals surface area contributed by atoms with Gasteiger partial charge in [0, 0.05) is 39.4 Å². The molecule has 1 aliphatic carbocycles. The Balaban J connectivity index is 1.43. The predicted molar refractivity (Wildman–Crippen MR) is 88.8 cm³/mol. The summed E-state index contributed by atoms with van der Waals surface area (Å²) >= 11 is 0. The number of hydrogen-bond acceptors (Lipinski definition) is 3. The normalized spacial score (nSPS) is 29.0. The fourth-order valence-electron chi connectivity index (χ4n) is 4.34. The summed E-state index contributed by atoms with van der Waals surface area (Å²) in [5.74, 6) is 2.29. The molecule has 3 aliphatic rings. The molecule has 1 amide bonds. The summed E-state index contributed by atoms with van der Waals surface area (Å²) < 4.78 is 2.16. The average molecular weight is 316 g/mol. The molecule has 1 saturated carbocycles. The molecule has 0 radical (unpaired) electrons. The number of piperidine rings is 1. The van der Waals surface area contributed by atoms with E-state index in [1.54, 1.807) is 0 Å². The fourth-order valence-corrected chi connectivity index (χ4v) is 4.34. The van der Waals surface area contributed by atoms with Crippen molar-refractivity contribution in [3.63, 3.8) is 0 Å². The standard InChI is InChI=1S/C18H28N4O/c1-14-19-10-16(20(14)2)12-21-9-7-18(13-21)6-3-8-22(17(18)23)11-15-4-5-15/h10,15H,3-9,11-13H2,1-2H3. The number of rotatable bonds is 4. The van der Waals surface area contributed by atoms with E-state index in [1.165, 1.54) is 25.0 Å². The molecule has 1 unspecified atom stereocenters. The number of hydrogen-bond donors (Lipinski definition) is 0. The van der Waals surface area contributed by atoms with Gasteiger partial charge in [-0.2, -0.15) is 0 Å². The molecule has 126 valence electrons. The Labute approximate surface area is 138 Å². The molecule has 0 aromatic carbocycles. The Morgan fingerprint density at radius 1 is 1.30 bits per heavy atom. The van der Waals surface area contributed by atoms with Gasteiger partial charge in [-0.05, 0) is 51.5 Å². The minimum Gasteiger partial charge on any atom is -0.342 e. The van der Waals surface area contributed by atoms with Crippen molar-refractivity contribution in [3.05, 3.63) is 17.7 Å². The maximum atomic E-state index is 13.1. The highest BCUT2D eigenvalue weighted by atomic mass is 16.2. The van der Waals surface area contributed by atoms with Gasteiger partial charge in [0.05, 0.1) is 11.1 Å². The summed E-state index contributed by atoms with van der Waals surface area (Å²) in [7, 11) is 2.08. The number of nitrogens with zero attached hydrogens (tertiary/aromatic N) is 4. The number of aryl methyl sites for hydroxylation is 1. The van der Waals surface area contributed by atoms with Crippen LogP contribution in [0, 0.1) is 18.3 Å². The smallest absolute Gasteiger partial charge is 0.230 e. The highest BCUT2D eigenvalue weighted by Gasteiger charge is 2.48. The van der Waals surface area contributed by atoms with Crippen molar-refractivity contribution in [1.82, 2.24) is 19.4 Å². The second kappa shape index (κ2) is 5.62. The minimum absolute atomic E-state index is 0.0965. The summed E-state index contributed by atoms with van der Waals surface area (Å²) in [5.41, 5.74) is 1.15. The molecule has 1 spiro atoms. The number of imidazole rings is 1. The third kappa shape index (κ3) is 2.80. The Morgan fingerprint density at radius 2 is 2.13 bits per heavy atom. The third-order valence-electron chi connectivity index (χ3n) is 6.13. The molecular formula is C18H28N4O. The van der Waals surface area contributed by atoms with E-state index in [-0.39, 0.29) is 5.41 Å². The predicted octanol–water partition coefficient (Wildman–Crippen LogP) is 1.95. The Hall–Kier alpha value is -1.36. The van der Waals surface area contributed by atoms with Crippen LogP contribution in [0.3, 0.4) is 0 Å². The van der Waals surface area contributed by atoms with Crippen LogP contribution in [-0.2, 0) is 18.4 Å². The molecular weight excluding hydrogens is 288 g/mol. The van der Waals surface area contributed by atoms with Gasteiger partial charge in [0.1, 0.15) is 5.82 Å². The summed E-state index contributed by atoms with van der Waals surface area (Å²) in [6.07, 6.45) is 7.91. The number of aromatic nitrogens is 2. The zero-order valence-corrected chi connectivity index (χ0v) is 14.4. The van der Waals surface area contributed by atoms with Gasteiger partial charge in [0.2, 0.25) is 5.91 Å². The molecule has 1 aromatic heterocycles. The number of carbonyl (C=O) groups is 1. The third-order valence-corrected chi connectivity index (χ3v) is 6.13. The van der Waals surface area contributed by atoms with Crippen LogP contribution in [0.1, 0.15) is 43.6 Å². The number of likely N-dealkylation sites (tertiary alicyclic amines) is 2. The molecule has 2 saturated heterocycles. The molecule has 23 heavy (non-hydrogen) atoms. The van der Waals surface area contributed by atoms with E-state index in [9.17, 15) is 4.79 Å². The van der Waals surface area contributed by atoms with Gasteiger partial charge in [0.15, 0.2) is 0 Å². The van der Waals surface area contributed by atoms with Crippen molar-refractivity contribution in [3.8, 4) is 0 Å². The molecule has 5 nitrogen and oxygen atoms in total. The molecule has 3 fully saturated rings. The fraction of sp³-hybridized carbons (Fsp3) is 0.778. The van der Waals surface area contributed by atoms with Crippen LogP contribution in [0.5, 0.6) is 0 Å². The molecule has 0 bridgehead atoms. The summed E-state index contributed by atoms with van der Waals surface area (Å²) in [6, 6.07) is 0. The monoisotopic (exact) mass is 316 g/mol. The van der Waals surface area contributed by atoms with E-state index in [4.69, 9.17) is 0 Å². The zero-order valence-electron chi connectivity index (χ0n) is 14.4. The maximum absolute atomic E-state index is 13.1. The van der Waals surface area contributed by atoms with E-state index < -0.39 is 0 Å². The summed E-state index contributed by atoms with van der Waals surface area (Å²) in [5, 5.41) is 0. The van der Waals surface area contributed by atoms with E-state index in [2.05, 4.69) is 26.4 Å². The first kappa shape index (κ1) is 15.2. The van der Waals surface area contributed by atoms with Crippen molar-refractivity contribution in [2.45, 2.75) is 45.6 Å². The Kier molecular flexibility index (Phi) is 3.71. The molecule has 5 heteroatoms. The van der Waals surface area contributed by atoms with Gasteiger partial charge in [-0.3, -0.25) is 9.69 Å². The van der Waals surface area contributed by atoms with E-state index in [1.807, 2.05) is 13.1 Å². The molecule has 1 atom stereocenters. The SMILES string of the molecule is Cc1ncc(CN2CCC3(CCCN(CC4CC4)C3=O)C2)n1C. The lowest BCUT2D eigenvalue weighted by atomic mass is 9.78. The first-order chi connectivity index (χ1) is 11.1. The highest BCUT2D eigenvalue weighted by Crippen LogP contribution is 2.42. The van der Waals surface area contributed by atoms with E-state index >= 15 is 0 Å². The zero-order chi connectivity index (χ0) is 16.0. The average Bonchev–Trinajstić information content (AvgIpc) is 3.19. The van der Waals surface area contributed by atoms with E-state index in [0.29, 0.717) is 5.91 Å². The van der Waals surface area contributed by atoms with Gasteiger partial charge in [-0.25, -0.2) is 4.98 Å². The van der Waals surface area contributed by atoms with Crippen LogP contribution < -0.4 is 0 Å². The lowest BCUT2D eigenvalue weighted by Gasteiger charge is -2.39. The van der Waals surface area contributed by atoms with Crippen molar-refractivity contribution >= 4 is 5.91 Å². The van der Waals surface area contributed by atoms with Crippen molar-refractivity contribution < 1.29 is 4.79 Å². The molecule has 3 heterocycles. The lowest BCUT2D eigenvalue weighted by Crippen LogP contribution is -2.50. The van der Waals surface area contributed by atoms with Crippen molar-refractivity contribution in [2.75, 3.05) is 26.2 Å². The van der Waals surface area contributed by atoms with Gasteiger partial charge in [0.25, 0.3) is 0 Å². The molecule has 4 rings (SSSR count). The van der Waals surface area contributed by atoms with Crippen LogP contribution in [0.2, 0.25) is 0 Å². The van der Waals surface area contributed by atoms with Gasteiger partial charge in [-0.1, -0.05) is 0 Å². The second-order valence-corrected chi connectivity index (χ2v) is 7.89. The summed E-state index contributed by atoms with van der Waals surface area (Å²) in [4.78, 5) is 22.1. The number of amides is 1. The van der Waals surface area contributed by atoms with E-state index in [0.717, 1.165) is 57.3 Å². The van der Waals surface area contributed by atoms with Crippen LogP contribution in [0.25, 0.3) is 0 Å². The first-order valence-electron chi connectivity index (χ1n) is 9.06. The highest BCUT2D eigenvalue weighted by molar-refractivity contribution is 5.84. The topological polar surface area (TPSA) is 41.4 Å². The largest absolute Gasteiger partial charge is 0.342 e. The van der Waals surface area contributed by atoms with Crippen LogP contribution >= 0.6 is 0 Å². The van der Waals surface area contributed by atoms with Gasteiger partial charge < -0.3 is 9.47 Å². The van der Waals surface area contributed by atoms with Crippen LogP contribution in [0.15, 0.2) is 6.20 Å². The molecule has 0 N–H and O–H groups in total. The first-order valence-corrected chi connectivity index (χ1v) is 9.06. The maximum Gasteiger partial charge on any atom is 0.230 e. The Morgan fingerprint density at radius 3 is 2.83 bits per heavy atom. The van der Waals surface area contributed by atoms with Crippen molar-refractivity contribution in [1.29, 1.82) is 0 Å². The number of carbonyl (C=O) groups excluding carboxylic acids is 1. The Bertz CT molecular complexity index is 606. The quantitative estimate of drug-likeness (QED) is 0.852. The van der Waals surface area contributed by atoms with Crippen LogP contribution in [-0.4, -0.2) is 51.4 Å². The van der Waals surface area contributed by atoms with Crippen LogP contribution in [0.4, 0.5) is 0 Å². The van der Waals surface area contributed by atoms with Crippen molar-refractivity contribution in [2.24, 2.45) is 18.4 Å². The summed E-state index contributed by atoms with van der Waals surface area (Å²) in [6.45, 7) is 6.91. The molecule has 2 aliphatic heterocycles. The molecule has 1 aromatic rings.